The number of fused-ring (bicyclic) bond motifs is 6. The van der Waals surface area contributed by atoms with E-state index in [1.807, 2.05) is 36.4 Å². The number of benzene rings is 1. The van der Waals surface area contributed by atoms with Crippen molar-refractivity contribution in [1.82, 2.24) is 29.2 Å². The molecule has 0 aliphatic carbocycles. The maximum atomic E-state index is 13.3. The Morgan fingerprint density at radius 3 is 2.65 bits per heavy atom. The largest absolute Gasteiger partial charge is 0.450 e. The van der Waals surface area contributed by atoms with E-state index in [0.29, 0.717) is 41.8 Å². The quantitative estimate of drug-likeness (QED) is 0.425. The molecule has 37 heavy (non-hydrogen) atoms. The second-order valence-electron chi connectivity index (χ2n) is 9.03. The van der Waals surface area contributed by atoms with Crippen molar-refractivity contribution in [3.63, 3.8) is 0 Å². The predicted octanol–water partition coefficient (Wildman–Crippen LogP) is 2.40. The average Bonchev–Trinajstić information content (AvgIpc) is 3.19. The Hall–Kier alpha value is -4.22. The summed E-state index contributed by atoms with van der Waals surface area (Å²) in [7, 11) is 2.15. The maximum absolute atomic E-state index is 13.3. The molecule has 2 aliphatic heterocycles. The van der Waals surface area contributed by atoms with Crippen molar-refractivity contribution >= 4 is 28.4 Å². The first kappa shape index (κ1) is 23.2. The van der Waals surface area contributed by atoms with E-state index in [1.54, 1.807) is 21.6 Å². The molecule has 0 radical (unpaired) electrons. The zero-order chi connectivity index (χ0) is 25.2. The summed E-state index contributed by atoms with van der Waals surface area (Å²) in [5, 5.41) is 3.68. The van der Waals surface area contributed by atoms with Crippen LogP contribution in [0.5, 0.6) is 5.88 Å². The number of ether oxygens (including phenoxy) is 2. The Morgan fingerprint density at radius 1 is 0.973 bits per heavy atom. The highest BCUT2D eigenvalue weighted by Gasteiger charge is 2.19. The minimum absolute atomic E-state index is 0.0872. The SMILES string of the molecule is CN1CCN(c2ccc(Nc3ncc4c(=O)n5n(c4n3)-c3cccc(n3)OCOC/C=C/C5)cc2)CC1. The van der Waals surface area contributed by atoms with Crippen LogP contribution in [0.1, 0.15) is 0 Å². The molecular formula is C26H28N8O3. The maximum Gasteiger partial charge on any atom is 0.278 e. The van der Waals surface area contributed by atoms with E-state index in [9.17, 15) is 4.79 Å². The smallest absolute Gasteiger partial charge is 0.278 e. The fourth-order valence-corrected chi connectivity index (χ4v) is 4.50. The van der Waals surface area contributed by atoms with Gasteiger partial charge in [-0.3, -0.25) is 4.79 Å². The minimum atomic E-state index is -0.200. The lowest BCUT2D eigenvalue weighted by atomic mass is 10.2. The molecule has 3 aromatic heterocycles. The molecule has 11 heteroatoms. The molecule has 1 saturated heterocycles. The van der Waals surface area contributed by atoms with Crippen LogP contribution in [0.25, 0.3) is 16.9 Å². The number of hydrogen-bond acceptors (Lipinski definition) is 9. The Balaban J connectivity index is 1.34. The average molecular weight is 501 g/mol. The van der Waals surface area contributed by atoms with Gasteiger partial charge in [-0.1, -0.05) is 18.2 Å². The van der Waals surface area contributed by atoms with Crippen LogP contribution in [0.2, 0.25) is 0 Å². The third-order valence-electron chi connectivity index (χ3n) is 6.54. The molecule has 1 fully saturated rings. The first-order chi connectivity index (χ1) is 18.2. The number of rotatable bonds is 3. The number of pyridine rings is 1. The summed E-state index contributed by atoms with van der Waals surface area (Å²) < 4.78 is 14.3. The molecule has 2 aliphatic rings. The van der Waals surface area contributed by atoms with Crippen LogP contribution in [0.4, 0.5) is 17.3 Å². The molecule has 0 atom stereocenters. The Morgan fingerprint density at radius 2 is 1.81 bits per heavy atom. The topological polar surface area (TPSA) is 103 Å². The molecule has 5 heterocycles. The number of allylic oxidation sites excluding steroid dienone is 1. The third kappa shape index (κ3) is 4.78. The van der Waals surface area contributed by atoms with Crippen LogP contribution < -0.4 is 20.5 Å². The standard InChI is InChI=1S/C26H28N8O3/c1-31-12-14-32(15-13-31)20-9-7-19(8-10-20)28-26-27-17-21-24(30-26)34-22-5-4-6-23(29-22)37-18-36-16-3-2-11-33(34)25(21)35/h2-10,17H,11-16,18H2,1H3,(H,27,28,30)/b3-2+. The van der Waals surface area contributed by atoms with E-state index in [-0.39, 0.29) is 12.4 Å². The van der Waals surface area contributed by atoms with Crippen molar-refractivity contribution in [2.45, 2.75) is 6.54 Å². The number of nitrogens with one attached hydrogen (secondary N) is 1. The van der Waals surface area contributed by atoms with Crippen LogP contribution in [0, 0.1) is 0 Å². The molecule has 190 valence electrons. The zero-order valence-corrected chi connectivity index (χ0v) is 20.6. The molecule has 0 saturated carbocycles. The minimum Gasteiger partial charge on any atom is -0.450 e. The molecule has 0 amide bonds. The highest BCUT2D eigenvalue weighted by Crippen LogP contribution is 2.23. The van der Waals surface area contributed by atoms with Gasteiger partial charge in [0, 0.05) is 49.8 Å². The van der Waals surface area contributed by atoms with E-state index in [4.69, 9.17) is 14.5 Å². The molecular weight excluding hydrogens is 472 g/mol. The van der Waals surface area contributed by atoms with Gasteiger partial charge in [0.2, 0.25) is 11.8 Å². The second kappa shape index (κ2) is 10.0. The van der Waals surface area contributed by atoms with Gasteiger partial charge in [0.1, 0.15) is 5.39 Å². The van der Waals surface area contributed by atoms with Crippen molar-refractivity contribution in [2.75, 3.05) is 56.8 Å². The summed E-state index contributed by atoms with van der Waals surface area (Å²) in [4.78, 5) is 31.7. The van der Waals surface area contributed by atoms with Crippen LogP contribution >= 0.6 is 0 Å². The summed E-state index contributed by atoms with van der Waals surface area (Å²) in [6.45, 7) is 4.94. The summed E-state index contributed by atoms with van der Waals surface area (Å²) in [6.07, 6.45) is 5.28. The number of piperazine rings is 1. The van der Waals surface area contributed by atoms with E-state index < -0.39 is 0 Å². The summed E-state index contributed by atoms with van der Waals surface area (Å²) >= 11 is 0. The van der Waals surface area contributed by atoms with Gasteiger partial charge in [0.05, 0.1) is 13.2 Å². The van der Waals surface area contributed by atoms with E-state index in [2.05, 4.69) is 44.3 Å². The second-order valence-corrected chi connectivity index (χ2v) is 9.03. The lowest BCUT2D eigenvalue weighted by Crippen LogP contribution is -2.44. The van der Waals surface area contributed by atoms with Crippen LogP contribution in [-0.2, 0) is 11.3 Å². The molecule has 1 aromatic carbocycles. The van der Waals surface area contributed by atoms with Crippen molar-refractivity contribution in [3.8, 4) is 11.7 Å². The van der Waals surface area contributed by atoms with Crippen LogP contribution in [0.15, 0.2) is 65.6 Å². The van der Waals surface area contributed by atoms with Gasteiger partial charge in [0.25, 0.3) is 5.56 Å². The molecule has 11 nitrogen and oxygen atoms in total. The number of hydrogen-bond donors (Lipinski definition) is 1. The number of nitrogens with zero attached hydrogens (tertiary/aromatic N) is 7. The monoisotopic (exact) mass is 500 g/mol. The molecule has 6 rings (SSSR count). The van der Waals surface area contributed by atoms with Gasteiger partial charge in [-0.2, -0.15) is 9.97 Å². The third-order valence-corrected chi connectivity index (χ3v) is 6.54. The van der Waals surface area contributed by atoms with Crippen molar-refractivity contribution in [3.05, 3.63) is 71.2 Å². The fraction of sp³-hybridized carbons (Fsp3) is 0.308. The summed E-state index contributed by atoms with van der Waals surface area (Å²) in [6, 6.07) is 13.6. The lowest BCUT2D eigenvalue weighted by Gasteiger charge is -2.34. The molecule has 0 unspecified atom stereocenters. The van der Waals surface area contributed by atoms with Crippen molar-refractivity contribution < 1.29 is 9.47 Å². The number of aromatic nitrogens is 5. The van der Waals surface area contributed by atoms with Gasteiger partial charge in [-0.25, -0.2) is 14.3 Å². The first-order valence-corrected chi connectivity index (χ1v) is 12.3. The van der Waals surface area contributed by atoms with E-state index in [0.717, 1.165) is 31.9 Å². The highest BCUT2D eigenvalue weighted by atomic mass is 16.7. The first-order valence-electron chi connectivity index (χ1n) is 12.3. The van der Waals surface area contributed by atoms with Crippen LogP contribution in [-0.4, -0.2) is 75.8 Å². The summed E-state index contributed by atoms with van der Waals surface area (Å²) in [5.74, 6) is 1.30. The Labute approximate surface area is 213 Å². The van der Waals surface area contributed by atoms with Gasteiger partial charge in [0.15, 0.2) is 18.3 Å². The lowest BCUT2D eigenvalue weighted by molar-refractivity contribution is 0.0275. The highest BCUT2D eigenvalue weighted by molar-refractivity contribution is 5.77. The predicted molar refractivity (Wildman–Crippen MR) is 141 cm³/mol. The molecule has 2 bridgehead atoms. The van der Waals surface area contributed by atoms with Gasteiger partial charge in [-0.05, 0) is 37.4 Å². The molecule has 4 aromatic rings. The fourth-order valence-electron chi connectivity index (χ4n) is 4.50. The van der Waals surface area contributed by atoms with Crippen molar-refractivity contribution in [1.29, 1.82) is 0 Å². The van der Waals surface area contributed by atoms with Gasteiger partial charge < -0.3 is 24.6 Å². The van der Waals surface area contributed by atoms with Crippen molar-refractivity contribution in [2.24, 2.45) is 0 Å². The van der Waals surface area contributed by atoms with Gasteiger partial charge >= 0.3 is 0 Å². The molecule has 0 spiro atoms. The van der Waals surface area contributed by atoms with Gasteiger partial charge in [-0.15, -0.1) is 0 Å². The van der Waals surface area contributed by atoms with Crippen LogP contribution in [0.3, 0.4) is 0 Å². The summed E-state index contributed by atoms with van der Waals surface area (Å²) in [5.41, 5.74) is 2.32. The van der Waals surface area contributed by atoms with E-state index in [1.165, 1.54) is 5.69 Å². The Bertz CT molecular complexity index is 1490. The Kier molecular flexibility index (Phi) is 6.29. The normalized spacial score (nSPS) is 17.4. The molecule has 1 N–H and O–H groups in total. The van der Waals surface area contributed by atoms with E-state index >= 15 is 0 Å². The zero-order valence-electron chi connectivity index (χ0n) is 20.6. The number of anilines is 3. The number of likely N-dealkylation sites (N-methyl/N-ethyl adjacent to an activating group) is 1.